The number of nitrogens with two attached hydrogens (primary N) is 1. The van der Waals surface area contributed by atoms with Gasteiger partial charge in [0.05, 0.1) is 11.1 Å². The van der Waals surface area contributed by atoms with Crippen LogP contribution in [-0.4, -0.2) is 17.7 Å². The number of amides is 3. The minimum Gasteiger partial charge on any atom is -0.457 e. The maximum atomic E-state index is 11.7. The highest BCUT2D eigenvalue weighted by Gasteiger charge is 2.27. The first-order chi connectivity index (χ1) is 11.0. The normalized spacial score (nSPS) is 13.4. The Balaban J connectivity index is 1.98. The third-order valence-electron chi connectivity index (χ3n) is 3.32. The molecule has 3 rings (SSSR count). The van der Waals surface area contributed by atoms with Gasteiger partial charge in [-0.15, -0.1) is 0 Å². The maximum absolute atomic E-state index is 11.7. The van der Waals surface area contributed by atoms with Crippen molar-refractivity contribution in [2.75, 3.05) is 0 Å². The lowest BCUT2D eigenvalue weighted by Gasteiger charge is -1.99. The number of furan rings is 1. The topological polar surface area (TPSA) is 126 Å². The lowest BCUT2D eigenvalue weighted by Crippen LogP contribution is -2.19. The highest BCUT2D eigenvalue weighted by atomic mass is 16.3. The van der Waals surface area contributed by atoms with E-state index in [4.69, 9.17) is 15.4 Å². The zero-order valence-electron chi connectivity index (χ0n) is 11.6. The number of nitrogens with zero attached hydrogens (tertiary/aromatic N) is 1. The molecule has 0 aliphatic carbocycles. The molecule has 1 aromatic heterocycles. The molecule has 112 valence electrons. The fraction of sp³-hybridized carbons (Fsp3) is 0. The van der Waals surface area contributed by atoms with E-state index < -0.39 is 17.7 Å². The van der Waals surface area contributed by atoms with Gasteiger partial charge in [0.2, 0.25) is 0 Å². The molecular weight excluding hydrogens is 298 g/mol. The Morgan fingerprint density at radius 3 is 2.61 bits per heavy atom. The highest BCUT2D eigenvalue weighted by molar-refractivity contribution is 6.21. The molecule has 1 aromatic carbocycles. The number of hydrogen-bond acceptors (Lipinski definition) is 5. The molecule has 7 heteroatoms. The van der Waals surface area contributed by atoms with E-state index in [1.165, 1.54) is 12.1 Å². The van der Waals surface area contributed by atoms with Crippen molar-refractivity contribution < 1.29 is 18.8 Å². The van der Waals surface area contributed by atoms with Gasteiger partial charge >= 0.3 is 0 Å². The van der Waals surface area contributed by atoms with Crippen molar-refractivity contribution in [1.29, 1.82) is 5.26 Å². The zero-order valence-corrected chi connectivity index (χ0v) is 11.6. The second-order valence-electron chi connectivity index (χ2n) is 4.78. The van der Waals surface area contributed by atoms with Crippen LogP contribution in [0, 0.1) is 11.3 Å². The van der Waals surface area contributed by atoms with Crippen LogP contribution in [0.1, 0.15) is 26.5 Å². The largest absolute Gasteiger partial charge is 0.457 e. The first kappa shape index (κ1) is 14.3. The predicted octanol–water partition coefficient (Wildman–Crippen LogP) is 1.22. The molecule has 3 amide bonds. The Labute approximate surface area is 130 Å². The van der Waals surface area contributed by atoms with Crippen LogP contribution in [-0.2, 0) is 4.79 Å². The van der Waals surface area contributed by atoms with E-state index in [0.717, 1.165) is 0 Å². The fourth-order valence-electron chi connectivity index (χ4n) is 2.21. The minimum atomic E-state index is -0.849. The lowest BCUT2D eigenvalue weighted by molar-refractivity contribution is -0.114. The third kappa shape index (κ3) is 2.49. The van der Waals surface area contributed by atoms with Gasteiger partial charge in [0.15, 0.2) is 0 Å². The summed E-state index contributed by atoms with van der Waals surface area (Å²) in [5.74, 6) is -1.04. The number of imide groups is 1. The van der Waals surface area contributed by atoms with Crippen molar-refractivity contribution >= 4 is 23.8 Å². The molecule has 2 aromatic rings. The van der Waals surface area contributed by atoms with Crippen molar-refractivity contribution in [2.24, 2.45) is 5.73 Å². The summed E-state index contributed by atoms with van der Waals surface area (Å²) < 4.78 is 5.52. The number of benzene rings is 1. The van der Waals surface area contributed by atoms with Gasteiger partial charge in [0.1, 0.15) is 23.2 Å². The van der Waals surface area contributed by atoms with Crippen molar-refractivity contribution in [3.63, 3.8) is 0 Å². The van der Waals surface area contributed by atoms with Crippen molar-refractivity contribution in [3.05, 3.63) is 52.8 Å². The van der Waals surface area contributed by atoms with E-state index in [2.05, 4.69) is 5.32 Å². The van der Waals surface area contributed by atoms with E-state index in [1.54, 1.807) is 30.3 Å². The molecule has 0 atom stereocenters. The molecule has 1 aliphatic heterocycles. The number of carbonyl (C=O) groups excluding carboxylic acids is 3. The number of hydrogen-bond donors (Lipinski definition) is 2. The molecule has 7 nitrogen and oxygen atoms in total. The van der Waals surface area contributed by atoms with Gasteiger partial charge in [-0.1, -0.05) is 6.07 Å². The van der Waals surface area contributed by atoms with E-state index in [-0.39, 0.29) is 16.9 Å². The van der Waals surface area contributed by atoms with Gasteiger partial charge in [-0.3, -0.25) is 19.7 Å². The van der Waals surface area contributed by atoms with Crippen LogP contribution in [0.3, 0.4) is 0 Å². The van der Waals surface area contributed by atoms with Gasteiger partial charge < -0.3 is 10.2 Å². The van der Waals surface area contributed by atoms with E-state index in [0.29, 0.717) is 16.9 Å². The molecule has 2 heterocycles. The smallest absolute Gasteiger partial charge is 0.259 e. The summed E-state index contributed by atoms with van der Waals surface area (Å²) in [6.45, 7) is 0. The summed E-state index contributed by atoms with van der Waals surface area (Å²) in [5.41, 5.74) is 6.00. The first-order valence-corrected chi connectivity index (χ1v) is 6.51. The van der Waals surface area contributed by atoms with Crippen molar-refractivity contribution in [1.82, 2.24) is 5.32 Å². The first-order valence-electron chi connectivity index (χ1n) is 6.51. The summed E-state index contributed by atoms with van der Waals surface area (Å²) in [4.78, 5) is 34.2. The van der Waals surface area contributed by atoms with Gasteiger partial charge in [-0.25, -0.2) is 0 Å². The van der Waals surface area contributed by atoms with Gasteiger partial charge in [-0.2, -0.15) is 5.26 Å². The van der Waals surface area contributed by atoms with Crippen LogP contribution in [0.15, 0.2) is 40.3 Å². The number of primary amides is 1. The number of nitriles is 1. The molecule has 0 radical (unpaired) electrons. The monoisotopic (exact) mass is 307 g/mol. The molecule has 0 fully saturated rings. The van der Waals surface area contributed by atoms with Crippen LogP contribution in [0.4, 0.5) is 0 Å². The molecule has 3 N–H and O–H groups in total. The molecule has 0 saturated heterocycles. The van der Waals surface area contributed by atoms with Gasteiger partial charge in [0.25, 0.3) is 17.7 Å². The number of rotatable bonds is 3. The van der Waals surface area contributed by atoms with Crippen molar-refractivity contribution in [3.8, 4) is 17.4 Å². The van der Waals surface area contributed by atoms with Crippen LogP contribution in [0.25, 0.3) is 17.4 Å². The summed E-state index contributed by atoms with van der Waals surface area (Å²) in [5, 5.41) is 11.0. The summed E-state index contributed by atoms with van der Waals surface area (Å²) in [6, 6.07) is 9.59. The van der Waals surface area contributed by atoms with E-state index >= 15 is 0 Å². The highest BCUT2D eigenvalue weighted by Crippen LogP contribution is 2.27. The molecule has 1 aliphatic rings. The molecule has 0 unspecified atom stereocenters. The molecule has 0 bridgehead atoms. The van der Waals surface area contributed by atoms with Crippen LogP contribution < -0.4 is 11.1 Å². The molecular formula is C16H9N3O4. The van der Waals surface area contributed by atoms with Gasteiger partial charge in [-0.05, 0) is 24.3 Å². The molecule has 0 saturated carbocycles. The Kier molecular flexibility index (Phi) is 3.27. The quantitative estimate of drug-likeness (QED) is 0.501. The third-order valence-corrected chi connectivity index (χ3v) is 3.32. The fourth-order valence-corrected chi connectivity index (χ4v) is 2.21. The van der Waals surface area contributed by atoms with E-state index in [1.807, 2.05) is 0 Å². The van der Waals surface area contributed by atoms with Crippen molar-refractivity contribution in [2.45, 2.75) is 0 Å². The second-order valence-corrected chi connectivity index (χ2v) is 4.78. The molecule has 23 heavy (non-hydrogen) atoms. The average molecular weight is 307 g/mol. The summed E-state index contributed by atoms with van der Waals surface area (Å²) in [6.07, 6.45) is 1.23. The van der Waals surface area contributed by atoms with Crippen LogP contribution >= 0.6 is 0 Å². The Hall–Kier alpha value is -3.66. The number of nitrogens with one attached hydrogen (secondary N) is 1. The Bertz CT molecular complexity index is 931. The van der Waals surface area contributed by atoms with Crippen LogP contribution in [0.5, 0.6) is 0 Å². The summed E-state index contributed by atoms with van der Waals surface area (Å²) >= 11 is 0. The lowest BCUT2D eigenvalue weighted by atomic mass is 10.0. The molecule has 0 spiro atoms. The zero-order chi connectivity index (χ0) is 16.6. The maximum Gasteiger partial charge on any atom is 0.259 e. The van der Waals surface area contributed by atoms with Crippen LogP contribution in [0.2, 0.25) is 0 Å². The number of carbonyl (C=O) groups is 3. The van der Waals surface area contributed by atoms with Gasteiger partial charge in [0, 0.05) is 11.6 Å². The number of fused-ring (bicyclic) bond motifs is 1. The second kappa shape index (κ2) is 5.27. The predicted molar refractivity (Wildman–Crippen MR) is 78.7 cm³/mol. The Morgan fingerprint density at radius 1 is 1.17 bits per heavy atom. The standard InChI is InChI=1S/C16H9N3O4/c17-7-9(14(18)20)5-10-2-4-13(23-10)8-1-3-11-12(6-8)16(22)19-15(11)21/h1-6H,(H2,18,20)(H,19,21,22)/b9-5-. The average Bonchev–Trinajstić information content (AvgIpc) is 3.10. The summed E-state index contributed by atoms with van der Waals surface area (Å²) in [7, 11) is 0. The SMILES string of the molecule is N#C/C(=C/c1ccc(-c2ccc3c(c2)C(=O)NC3=O)o1)C(N)=O. The Morgan fingerprint density at radius 2 is 1.91 bits per heavy atom. The minimum absolute atomic E-state index is 0.232. The van der Waals surface area contributed by atoms with E-state index in [9.17, 15) is 14.4 Å².